The van der Waals surface area contributed by atoms with Crippen LogP contribution in [0.2, 0.25) is 0 Å². The van der Waals surface area contributed by atoms with Gasteiger partial charge in [-0.1, -0.05) is 57.2 Å². The summed E-state index contributed by atoms with van der Waals surface area (Å²) in [5, 5.41) is 1.33. The highest BCUT2D eigenvalue weighted by Crippen LogP contribution is 2.44. The summed E-state index contributed by atoms with van der Waals surface area (Å²) in [6, 6.07) is 8.62. The predicted molar refractivity (Wildman–Crippen MR) is 96.8 cm³/mol. The van der Waals surface area contributed by atoms with E-state index in [0.717, 1.165) is 25.0 Å². The number of aromatic nitrogens is 1. The number of carbonyl (C=O) groups excluding carboxylic acids is 1. The van der Waals surface area contributed by atoms with Crippen LogP contribution < -0.4 is 0 Å². The number of fused-ring (bicyclic) bond motifs is 1. The van der Waals surface area contributed by atoms with Crippen molar-refractivity contribution in [1.82, 2.24) is 4.57 Å². The van der Waals surface area contributed by atoms with Crippen molar-refractivity contribution in [3.63, 3.8) is 0 Å². The maximum absolute atomic E-state index is 11.5. The van der Waals surface area contributed by atoms with Gasteiger partial charge < -0.3 is 9.36 Å². The van der Waals surface area contributed by atoms with Crippen LogP contribution in [0.4, 0.5) is 0 Å². The second-order valence-corrected chi connectivity index (χ2v) is 7.38. The minimum atomic E-state index is 0.00458. The smallest absolute Gasteiger partial charge is 0.120 e. The molecule has 2 nitrogen and oxygen atoms in total. The molecule has 2 aromatic rings. The third-order valence-electron chi connectivity index (χ3n) is 6.02. The highest BCUT2D eigenvalue weighted by Gasteiger charge is 2.35. The molecule has 0 aliphatic heterocycles. The molecule has 1 aliphatic carbocycles. The summed E-state index contributed by atoms with van der Waals surface area (Å²) in [7, 11) is 2.12. The molecule has 124 valence electrons. The average Bonchev–Trinajstić information content (AvgIpc) is 2.93. The molecule has 0 amide bonds. The van der Waals surface area contributed by atoms with Gasteiger partial charge in [-0.05, 0) is 30.4 Å². The molecule has 3 rings (SSSR count). The van der Waals surface area contributed by atoms with E-state index in [9.17, 15) is 4.79 Å². The van der Waals surface area contributed by atoms with Gasteiger partial charge in [0.15, 0.2) is 0 Å². The molecule has 1 aliphatic rings. The molecule has 0 N–H and O–H groups in total. The number of rotatable bonds is 6. The highest BCUT2D eigenvalue weighted by molar-refractivity contribution is 5.85. The Morgan fingerprint density at radius 3 is 2.65 bits per heavy atom. The molecular formula is C21H29NO. The Morgan fingerprint density at radius 2 is 1.96 bits per heavy atom. The first-order valence-electron chi connectivity index (χ1n) is 9.18. The van der Waals surface area contributed by atoms with Crippen LogP contribution in [-0.2, 0) is 17.3 Å². The number of aryl methyl sites for hydroxylation is 1. The summed E-state index contributed by atoms with van der Waals surface area (Å²) in [4.78, 5) is 11.5. The third-order valence-corrected chi connectivity index (χ3v) is 6.02. The number of hydrogen-bond donors (Lipinski definition) is 0. The lowest BCUT2D eigenvalue weighted by atomic mass is 9.67. The Hall–Kier alpha value is -1.57. The molecule has 1 saturated carbocycles. The maximum Gasteiger partial charge on any atom is 0.120 e. The zero-order valence-electron chi connectivity index (χ0n) is 14.6. The molecular weight excluding hydrogens is 282 g/mol. The second kappa shape index (κ2) is 6.90. The minimum absolute atomic E-state index is 0.00458. The van der Waals surface area contributed by atoms with E-state index in [1.165, 1.54) is 48.6 Å². The SMILES string of the molecule is CC[C@@](CC=O)(CC1CCCCC1)c1cn(C)c2ccccc12. The Morgan fingerprint density at radius 1 is 1.22 bits per heavy atom. The number of hydrogen-bond acceptors (Lipinski definition) is 1. The molecule has 0 unspecified atom stereocenters. The summed E-state index contributed by atoms with van der Waals surface area (Å²) in [6.07, 6.45) is 13.1. The number of carbonyl (C=O) groups is 1. The molecule has 2 heteroatoms. The lowest BCUT2D eigenvalue weighted by molar-refractivity contribution is -0.109. The van der Waals surface area contributed by atoms with Crippen molar-refractivity contribution >= 4 is 17.2 Å². The van der Waals surface area contributed by atoms with Gasteiger partial charge in [0.2, 0.25) is 0 Å². The van der Waals surface area contributed by atoms with E-state index in [-0.39, 0.29) is 5.41 Å². The zero-order chi connectivity index (χ0) is 16.3. The van der Waals surface area contributed by atoms with Gasteiger partial charge in [-0.25, -0.2) is 0 Å². The molecule has 1 fully saturated rings. The fourth-order valence-corrected chi connectivity index (χ4v) is 4.65. The molecule has 0 radical (unpaired) electrons. The van der Waals surface area contributed by atoms with Crippen molar-refractivity contribution in [1.29, 1.82) is 0 Å². The maximum atomic E-state index is 11.5. The second-order valence-electron chi connectivity index (χ2n) is 7.38. The molecule has 1 aromatic heterocycles. The van der Waals surface area contributed by atoms with E-state index in [2.05, 4.69) is 49.0 Å². The van der Waals surface area contributed by atoms with Crippen molar-refractivity contribution in [3.05, 3.63) is 36.0 Å². The molecule has 23 heavy (non-hydrogen) atoms. The molecule has 0 bridgehead atoms. The quantitative estimate of drug-likeness (QED) is 0.656. The Balaban J connectivity index is 2.04. The highest BCUT2D eigenvalue weighted by atomic mass is 16.1. The lowest BCUT2D eigenvalue weighted by Gasteiger charge is -2.36. The van der Waals surface area contributed by atoms with Gasteiger partial charge in [0.25, 0.3) is 0 Å². The van der Waals surface area contributed by atoms with Gasteiger partial charge in [0.05, 0.1) is 0 Å². The van der Waals surface area contributed by atoms with Crippen LogP contribution >= 0.6 is 0 Å². The molecule has 1 heterocycles. The third kappa shape index (κ3) is 3.08. The van der Waals surface area contributed by atoms with Crippen LogP contribution in [0.3, 0.4) is 0 Å². The Kier molecular flexibility index (Phi) is 4.89. The number of aldehydes is 1. The van der Waals surface area contributed by atoms with Crippen molar-refractivity contribution in [2.75, 3.05) is 0 Å². The van der Waals surface area contributed by atoms with Crippen LogP contribution in [0.1, 0.15) is 63.9 Å². The van der Waals surface area contributed by atoms with Crippen molar-refractivity contribution < 1.29 is 4.79 Å². The van der Waals surface area contributed by atoms with Gasteiger partial charge in [0.1, 0.15) is 6.29 Å². The summed E-state index contributed by atoms with van der Waals surface area (Å²) in [6.45, 7) is 2.26. The first kappa shape index (κ1) is 16.3. The first-order chi connectivity index (χ1) is 11.2. The molecule has 0 saturated heterocycles. The zero-order valence-corrected chi connectivity index (χ0v) is 14.6. The van der Waals surface area contributed by atoms with Gasteiger partial charge >= 0.3 is 0 Å². The van der Waals surface area contributed by atoms with Crippen molar-refractivity contribution in [2.45, 2.75) is 63.7 Å². The van der Waals surface area contributed by atoms with E-state index in [1.807, 2.05) is 0 Å². The van der Waals surface area contributed by atoms with Crippen LogP contribution in [0, 0.1) is 5.92 Å². The number of para-hydroxylation sites is 1. The monoisotopic (exact) mass is 311 g/mol. The van der Waals surface area contributed by atoms with Gasteiger partial charge in [0, 0.05) is 36.0 Å². The fraction of sp³-hybridized carbons (Fsp3) is 0.571. The standard InChI is InChI=1S/C21H29NO/c1-3-21(13-14-23,15-17-9-5-4-6-10-17)19-16-22(2)20-12-8-7-11-18(19)20/h7-8,11-12,14,16-17H,3-6,9-10,13,15H2,1-2H3/t21-/m1/s1. The topological polar surface area (TPSA) is 22.0 Å². The summed E-state index contributed by atoms with van der Waals surface area (Å²) in [5.41, 5.74) is 2.66. The fourth-order valence-electron chi connectivity index (χ4n) is 4.65. The van der Waals surface area contributed by atoms with Crippen molar-refractivity contribution in [3.8, 4) is 0 Å². The van der Waals surface area contributed by atoms with Gasteiger partial charge in [-0.3, -0.25) is 0 Å². The van der Waals surface area contributed by atoms with Crippen LogP contribution in [0.5, 0.6) is 0 Å². The number of nitrogens with zero attached hydrogens (tertiary/aromatic N) is 1. The molecule has 1 atom stereocenters. The van der Waals surface area contributed by atoms with Gasteiger partial charge in [-0.2, -0.15) is 0 Å². The van der Waals surface area contributed by atoms with Gasteiger partial charge in [-0.15, -0.1) is 0 Å². The summed E-state index contributed by atoms with van der Waals surface area (Å²) < 4.78 is 2.22. The van der Waals surface area contributed by atoms with E-state index < -0.39 is 0 Å². The molecule has 0 spiro atoms. The van der Waals surface area contributed by atoms with Crippen LogP contribution in [0.25, 0.3) is 10.9 Å². The first-order valence-corrected chi connectivity index (χ1v) is 9.18. The van der Waals surface area contributed by atoms with E-state index in [0.29, 0.717) is 6.42 Å². The normalized spacial score (nSPS) is 18.9. The lowest BCUT2D eigenvalue weighted by Crippen LogP contribution is -2.30. The van der Waals surface area contributed by atoms with Crippen molar-refractivity contribution in [2.24, 2.45) is 13.0 Å². The predicted octanol–water partition coefficient (Wildman–Crippen LogP) is 5.39. The van der Waals surface area contributed by atoms with E-state index >= 15 is 0 Å². The largest absolute Gasteiger partial charge is 0.350 e. The average molecular weight is 311 g/mol. The van der Waals surface area contributed by atoms with Crippen LogP contribution in [0.15, 0.2) is 30.5 Å². The minimum Gasteiger partial charge on any atom is -0.350 e. The van der Waals surface area contributed by atoms with E-state index in [1.54, 1.807) is 0 Å². The Bertz CT molecular complexity index is 666. The van der Waals surface area contributed by atoms with Crippen LogP contribution in [-0.4, -0.2) is 10.9 Å². The van der Waals surface area contributed by atoms with E-state index in [4.69, 9.17) is 0 Å². The molecule has 1 aromatic carbocycles. The Labute approximate surface area is 139 Å². The number of benzene rings is 1. The summed E-state index contributed by atoms with van der Waals surface area (Å²) >= 11 is 0. The summed E-state index contributed by atoms with van der Waals surface area (Å²) in [5.74, 6) is 0.780.